The van der Waals surface area contributed by atoms with Crippen LogP contribution >= 0.6 is 0 Å². The summed E-state index contributed by atoms with van der Waals surface area (Å²) in [7, 11) is 0. The van der Waals surface area contributed by atoms with E-state index in [4.69, 9.17) is 0 Å². The van der Waals surface area contributed by atoms with Crippen molar-refractivity contribution in [3.63, 3.8) is 0 Å². The minimum atomic E-state index is -0.956. The zero-order chi connectivity index (χ0) is 37.1. The lowest BCUT2D eigenvalue weighted by atomic mass is 10.0. The third kappa shape index (κ3) is 8.82. The molecule has 8 rings (SSSR count). The lowest BCUT2D eigenvalue weighted by molar-refractivity contribution is 0.0698. The molecule has 0 aliphatic carbocycles. The van der Waals surface area contributed by atoms with E-state index in [-0.39, 0.29) is 5.56 Å². The zero-order valence-corrected chi connectivity index (χ0v) is 30.0. The van der Waals surface area contributed by atoms with Crippen molar-refractivity contribution in [2.45, 2.75) is 6.92 Å². The third-order valence-electron chi connectivity index (χ3n) is 9.24. The lowest BCUT2D eigenvalue weighted by Gasteiger charge is -2.13. The van der Waals surface area contributed by atoms with Crippen LogP contribution in [0.1, 0.15) is 15.9 Å². The van der Waals surface area contributed by atoms with Crippen molar-refractivity contribution in [1.29, 1.82) is 0 Å². The highest BCUT2D eigenvalue weighted by Gasteiger charge is 2.12. The Bertz CT molecular complexity index is 2430. The average molecular weight is 701 g/mol. The molecule has 0 atom stereocenters. The van der Waals surface area contributed by atoms with Gasteiger partial charge in [-0.05, 0) is 99.5 Å². The predicted molar refractivity (Wildman–Crippen MR) is 226 cm³/mol. The number of anilines is 4. The molecule has 0 saturated heterocycles. The van der Waals surface area contributed by atoms with Gasteiger partial charge in [-0.3, -0.25) is 0 Å². The second-order valence-electron chi connectivity index (χ2n) is 13.0. The van der Waals surface area contributed by atoms with Gasteiger partial charge in [0.25, 0.3) is 0 Å². The molecule has 3 N–H and O–H groups in total. The normalized spacial score (nSPS) is 10.5. The summed E-state index contributed by atoms with van der Waals surface area (Å²) >= 11 is 0. The molecule has 0 amide bonds. The summed E-state index contributed by atoms with van der Waals surface area (Å²) in [5, 5.41) is 16.4. The predicted octanol–water partition coefficient (Wildman–Crippen LogP) is 13.5. The summed E-state index contributed by atoms with van der Waals surface area (Å²) in [6.07, 6.45) is 0. The molecule has 0 fully saturated rings. The highest BCUT2D eigenvalue weighted by molar-refractivity contribution is 5.96. The molecular formula is C50H40N2O2. The number of carbonyl (C=O) groups is 1. The Hall–Kier alpha value is -7.17. The van der Waals surface area contributed by atoms with Crippen molar-refractivity contribution < 1.29 is 9.90 Å². The highest BCUT2D eigenvalue weighted by Crippen LogP contribution is 2.31. The Balaban J connectivity index is 0.000000167. The average Bonchev–Trinajstić information content (AvgIpc) is 3.23. The third-order valence-corrected chi connectivity index (χ3v) is 9.24. The zero-order valence-electron chi connectivity index (χ0n) is 30.0. The Labute approximate surface area is 317 Å². The van der Waals surface area contributed by atoms with Crippen molar-refractivity contribution >= 4 is 28.7 Å². The molecule has 0 heterocycles. The fraction of sp³-hybridized carbons (Fsp3) is 0.0200. The summed E-state index contributed by atoms with van der Waals surface area (Å²) in [5.74, 6) is -0.956. The number of benzene rings is 8. The molecule has 0 unspecified atom stereocenters. The number of carboxylic acid groups (broad SMARTS) is 1. The van der Waals surface area contributed by atoms with E-state index in [1.807, 2.05) is 97.1 Å². The fourth-order valence-electron chi connectivity index (χ4n) is 6.28. The first-order chi connectivity index (χ1) is 26.5. The van der Waals surface area contributed by atoms with Crippen LogP contribution in [0.15, 0.2) is 206 Å². The first-order valence-corrected chi connectivity index (χ1v) is 17.9. The van der Waals surface area contributed by atoms with Crippen molar-refractivity contribution in [1.82, 2.24) is 0 Å². The summed E-state index contributed by atoms with van der Waals surface area (Å²) in [4.78, 5) is 11.7. The van der Waals surface area contributed by atoms with E-state index in [2.05, 4.69) is 121 Å². The van der Waals surface area contributed by atoms with Crippen LogP contribution < -0.4 is 10.6 Å². The van der Waals surface area contributed by atoms with Gasteiger partial charge in [-0.2, -0.15) is 0 Å². The van der Waals surface area contributed by atoms with Crippen LogP contribution in [0, 0.1) is 6.92 Å². The van der Waals surface area contributed by atoms with Gasteiger partial charge in [-0.25, -0.2) is 4.79 Å². The van der Waals surface area contributed by atoms with E-state index < -0.39 is 5.97 Å². The van der Waals surface area contributed by atoms with Gasteiger partial charge < -0.3 is 15.7 Å². The SMILES string of the molecule is Cc1ccc(-c2ccccc2)cc1Nc1ccc(-c2ccccc2)cc1.O=C(O)c1ccc(-c2ccccc2)cc1Nc1ccc(-c2ccccc2)cc1. The topological polar surface area (TPSA) is 61.4 Å². The van der Waals surface area contributed by atoms with Crippen LogP contribution in [-0.4, -0.2) is 11.1 Å². The largest absolute Gasteiger partial charge is 0.478 e. The Morgan fingerprint density at radius 2 is 0.685 bits per heavy atom. The van der Waals surface area contributed by atoms with Gasteiger partial charge in [-0.1, -0.05) is 164 Å². The van der Waals surface area contributed by atoms with E-state index >= 15 is 0 Å². The van der Waals surface area contributed by atoms with E-state index in [1.54, 1.807) is 6.07 Å². The second kappa shape index (κ2) is 16.9. The summed E-state index contributed by atoms with van der Waals surface area (Å²) in [6, 6.07) is 69.5. The maximum Gasteiger partial charge on any atom is 0.337 e. The smallest absolute Gasteiger partial charge is 0.337 e. The van der Waals surface area contributed by atoms with Crippen LogP contribution in [0.2, 0.25) is 0 Å². The number of carboxylic acids is 1. The van der Waals surface area contributed by atoms with Gasteiger partial charge in [0, 0.05) is 17.1 Å². The van der Waals surface area contributed by atoms with Crippen LogP contribution in [0.4, 0.5) is 22.7 Å². The monoisotopic (exact) mass is 700 g/mol. The number of rotatable bonds is 9. The van der Waals surface area contributed by atoms with Gasteiger partial charge >= 0.3 is 5.97 Å². The van der Waals surface area contributed by atoms with Crippen LogP contribution in [0.5, 0.6) is 0 Å². The molecule has 0 aliphatic rings. The summed E-state index contributed by atoms with van der Waals surface area (Å²) in [5.41, 5.74) is 14.3. The maximum atomic E-state index is 11.7. The molecule has 4 heteroatoms. The molecule has 0 aliphatic heterocycles. The fourth-order valence-corrected chi connectivity index (χ4v) is 6.28. The molecule has 54 heavy (non-hydrogen) atoms. The van der Waals surface area contributed by atoms with Gasteiger partial charge in [0.2, 0.25) is 0 Å². The molecular weight excluding hydrogens is 661 g/mol. The van der Waals surface area contributed by atoms with E-state index in [0.717, 1.165) is 39.3 Å². The highest BCUT2D eigenvalue weighted by atomic mass is 16.4. The summed E-state index contributed by atoms with van der Waals surface area (Å²) in [6.45, 7) is 2.13. The number of aromatic carboxylic acids is 1. The van der Waals surface area contributed by atoms with Gasteiger partial charge in [0.1, 0.15) is 0 Å². The Morgan fingerprint density at radius 3 is 1.09 bits per heavy atom. The molecule has 0 saturated carbocycles. The number of aryl methyl sites for hydroxylation is 1. The molecule has 0 aromatic heterocycles. The van der Waals surface area contributed by atoms with Crippen LogP contribution in [-0.2, 0) is 0 Å². The molecule has 8 aromatic carbocycles. The van der Waals surface area contributed by atoms with Crippen molar-refractivity contribution in [3.8, 4) is 44.5 Å². The number of hydrogen-bond acceptors (Lipinski definition) is 3. The first-order valence-electron chi connectivity index (χ1n) is 17.9. The van der Waals surface area contributed by atoms with Gasteiger partial charge in [0.15, 0.2) is 0 Å². The second-order valence-corrected chi connectivity index (χ2v) is 13.0. The molecule has 0 bridgehead atoms. The minimum Gasteiger partial charge on any atom is -0.478 e. The lowest BCUT2D eigenvalue weighted by Crippen LogP contribution is -2.03. The van der Waals surface area contributed by atoms with Gasteiger partial charge in [-0.15, -0.1) is 0 Å². The van der Waals surface area contributed by atoms with Crippen LogP contribution in [0.3, 0.4) is 0 Å². The van der Waals surface area contributed by atoms with Crippen LogP contribution in [0.25, 0.3) is 44.5 Å². The summed E-state index contributed by atoms with van der Waals surface area (Å²) < 4.78 is 0. The quantitative estimate of drug-likeness (QED) is 0.140. The Kier molecular flexibility index (Phi) is 11.0. The van der Waals surface area contributed by atoms with Crippen molar-refractivity contribution in [2.24, 2.45) is 0 Å². The first kappa shape index (κ1) is 35.2. The van der Waals surface area contributed by atoms with Gasteiger partial charge in [0.05, 0.1) is 11.3 Å². The standard InChI is InChI=1S/C25H19NO2.C25H21N/c27-25(28)23-16-13-21(19-9-5-2-6-10-19)17-24(23)26-22-14-11-20(12-15-22)18-7-3-1-4-8-18;1-19-12-13-23(21-10-6-3-7-11-21)18-25(19)26-24-16-14-22(15-17-24)20-8-4-2-5-9-20/h1-17,26H,(H,27,28);2-18,26H,1H3. The molecule has 0 radical (unpaired) electrons. The minimum absolute atomic E-state index is 0.242. The number of nitrogens with one attached hydrogen (secondary N) is 2. The van der Waals surface area contributed by atoms with Crippen molar-refractivity contribution in [2.75, 3.05) is 10.6 Å². The van der Waals surface area contributed by atoms with E-state index in [9.17, 15) is 9.90 Å². The molecule has 8 aromatic rings. The molecule has 4 nitrogen and oxygen atoms in total. The molecule has 262 valence electrons. The van der Waals surface area contributed by atoms with E-state index in [1.165, 1.54) is 27.8 Å². The number of hydrogen-bond donors (Lipinski definition) is 3. The Morgan fingerprint density at radius 1 is 0.370 bits per heavy atom. The molecule has 0 spiro atoms. The maximum absolute atomic E-state index is 11.7. The van der Waals surface area contributed by atoms with Crippen molar-refractivity contribution in [3.05, 3.63) is 217 Å². The van der Waals surface area contributed by atoms with E-state index in [0.29, 0.717) is 5.69 Å².